The van der Waals surface area contributed by atoms with Crippen LogP contribution in [0.5, 0.6) is 0 Å². The van der Waals surface area contributed by atoms with Crippen LogP contribution in [0.15, 0.2) is 54.3 Å². The highest BCUT2D eigenvalue weighted by atomic mass is 28.4. The Hall–Kier alpha value is -2.58. The van der Waals surface area contributed by atoms with Crippen LogP contribution < -0.4 is 5.32 Å². The first-order valence-electron chi connectivity index (χ1n) is 19.4. The van der Waals surface area contributed by atoms with Crippen molar-refractivity contribution in [3.63, 3.8) is 0 Å². The predicted molar refractivity (Wildman–Crippen MR) is 214 cm³/mol. The Morgan fingerprint density at radius 2 is 1.76 bits per heavy atom. The van der Waals surface area contributed by atoms with Crippen molar-refractivity contribution in [1.82, 2.24) is 10.2 Å². The van der Waals surface area contributed by atoms with Gasteiger partial charge in [0.25, 0.3) is 0 Å². The molecule has 0 saturated carbocycles. The lowest BCUT2D eigenvalue weighted by Gasteiger charge is -2.48. The molecule has 1 aromatic rings. The fourth-order valence-electron chi connectivity index (χ4n) is 6.96. The molecule has 0 bridgehead atoms. The van der Waals surface area contributed by atoms with Crippen molar-refractivity contribution in [2.75, 3.05) is 34.4 Å². The average molecular weight is 775 g/mol. The first kappa shape index (κ1) is 45.8. The van der Waals surface area contributed by atoms with Gasteiger partial charge >= 0.3 is 11.9 Å². The third-order valence-electron chi connectivity index (χ3n) is 11.3. The van der Waals surface area contributed by atoms with Gasteiger partial charge in [-0.25, -0.2) is 9.59 Å². The number of likely N-dealkylation sites (N-methyl/N-ethyl adjacent to an activating group) is 1. The molecule has 3 rings (SSSR count). The van der Waals surface area contributed by atoms with Crippen molar-refractivity contribution in [2.24, 2.45) is 11.8 Å². The minimum absolute atomic E-state index is 0.0295. The largest absolute Gasteiger partial charge is 0.456 e. The highest BCUT2D eigenvalue weighted by molar-refractivity contribution is 6.74. The molecule has 0 unspecified atom stereocenters. The van der Waals surface area contributed by atoms with Gasteiger partial charge in [-0.3, -0.25) is 0 Å². The number of cyclic esters (lactones) is 1. The van der Waals surface area contributed by atoms with Crippen LogP contribution in [-0.4, -0.2) is 108 Å². The van der Waals surface area contributed by atoms with E-state index < -0.39 is 56.1 Å². The highest BCUT2D eigenvalue weighted by Crippen LogP contribution is 2.41. The van der Waals surface area contributed by atoms with Crippen molar-refractivity contribution in [3.05, 3.63) is 59.9 Å². The average Bonchev–Trinajstić information content (AvgIpc) is 3.08. The zero-order valence-electron chi connectivity index (χ0n) is 35.7. The van der Waals surface area contributed by atoms with Crippen molar-refractivity contribution >= 4 is 20.3 Å². The van der Waals surface area contributed by atoms with Gasteiger partial charge in [-0.2, -0.15) is 0 Å². The molecule has 1 saturated heterocycles. The van der Waals surface area contributed by atoms with Crippen LogP contribution in [0.3, 0.4) is 0 Å². The van der Waals surface area contributed by atoms with Crippen LogP contribution in [0.2, 0.25) is 18.1 Å². The van der Waals surface area contributed by atoms with Crippen LogP contribution >= 0.6 is 0 Å². The number of hydrogen-bond donors (Lipinski definition) is 1. The zero-order chi connectivity index (χ0) is 40.8. The summed E-state index contributed by atoms with van der Waals surface area (Å²) in [5.41, 5.74) is -0.143. The lowest BCUT2D eigenvalue weighted by Crippen LogP contribution is -2.59. The van der Waals surface area contributed by atoms with Crippen molar-refractivity contribution in [3.8, 4) is 0 Å². The van der Waals surface area contributed by atoms with Gasteiger partial charge in [-0.1, -0.05) is 58.9 Å². The summed E-state index contributed by atoms with van der Waals surface area (Å²) < 4.78 is 44.7. The number of nitrogens with zero attached hydrogens (tertiary/aromatic N) is 1. The van der Waals surface area contributed by atoms with Crippen molar-refractivity contribution in [2.45, 2.75) is 148 Å². The van der Waals surface area contributed by atoms with Crippen LogP contribution in [-0.2, 0) is 37.6 Å². The Bertz CT molecular complexity index is 1440. The van der Waals surface area contributed by atoms with E-state index >= 15 is 0 Å². The van der Waals surface area contributed by atoms with Gasteiger partial charge in [0.1, 0.15) is 5.76 Å². The van der Waals surface area contributed by atoms with Gasteiger partial charge in [0.2, 0.25) is 5.79 Å². The summed E-state index contributed by atoms with van der Waals surface area (Å²) in [6.07, 6.45) is 0.410. The van der Waals surface area contributed by atoms with Gasteiger partial charge in [-0.15, -0.1) is 6.58 Å². The summed E-state index contributed by atoms with van der Waals surface area (Å²) in [5, 5.41) is 3.75. The molecule has 11 nitrogen and oxygen atoms in total. The molecule has 54 heavy (non-hydrogen) atoms. The summed E-state index contributed by atoms with van der Waals surface area (Å²) in [5.74, 6) is -2.06. The zero-order valence-corrected chi connectivity index (χ0v) is 36.7. The van der Waals surface area contributed by atoms with Crippen LogP contribution in [0, 0.1) is 11.8 Å². The number of methoxy groups -OCH3 is 1. The summed E-state index contributed by atoms with van der Waals surface area (Å²) in [4.78, 5) is 28.7. The number of benzene rings is 1. The Balaban J connectivity index is 1.99. The van der Waals surface area contributed by atoms with Crippen LogP contribution in [0.4, 0.5) is 0 Å². The van der Waals surface area contributed by atoms with E-state index in [1.807, 2.05) is 51.9 Å². The number of nitrogens with one attached hydrogen (secondary N) is 1. The SMILES string of the molecule is C=C[C@H](CO[Si](C)(C)C(C)(C)C)NC[C@H](C)C[C@@](C)(OC)[C@H](O[C@@H]1O[C@H](C)C[C@H](N(C)C)[C@H]1OC(=O)c1ccccc1)[C@@H](C)C1=C(C)C(=O)OC(C)(C)O1. The normalized spacial score (nSPS) is 25.5. The Kier molecular flexibility index (Phi) is 15.8. The summed E-state index contributed by atoms with van der Waals surface area (Å²) in [6, 6.07) is 8.68. The first-order chi connectivity index (χ1) is 24.9. The van der Waals surface area contributed by atoms with Crippen molar-refractivity contribution < 1.29 is 42.4 Å². The molecule has 0 radical (unpaired) electrons. The molecule has 0 aromatic heterocycles. The number of carbonyl (C=O) groups is 2. The molecule has 12 heteroatoms. The number of rotatable bonds is 18. The van der Waals surface area contributed by atoms with E-state index in [4.69, 9.17) is 32.8 Å². The van der Waals surface area contributed by atoms with E-state index in [1.54, 1.807) is 52.1 Å². The molecule has 1 aromatic carbocycles. The van der Waals surface area contributed by atoms with E-state index in [1.165, 1.54) is 0 Å². The number of hydrogen-bond acceptors (Lipinski definition) is 11. The maximum absolute atomic E-state index is 13.6. The molecule has 0 spiro atoms. The van der Waals surface area contributed by atoms with Crippen molar-refractivity contribution in [1.29, 1.82) is 0 Å². The third-order valence-corrected chi connectivity index (χ3v) is 15.8. The van der Waals surface area contributed by atoms with E-state index in [0.29, 0.717) is 42.9 Å². The molecule has 9 atom stereocenters. The minimum Gasteiger partial charge on any atom is -0.456 e. The minimum atomic E-state index is -1.94. The molecule has 1 N–H and O–H groups in total. The molecule has 2 heterocycles. The lowest BCUT2D eigenvalue weighted by atomic mass is 9.80. The number of esters is 2. The molecule has 306 valence electrons. The quantitative estimate of drug-likeness (QED) is 0.0910. The first-order valence-corrected chi connectivity index (χ1v) is 22.3. The van der Waals surface area contributed by atoms with Gasteiger partial charge < -0.3 is 43.1 Å². The molecule has 2 aliphatic heterocycles. The molecular formula is C42H70N2O9Si. The summed E-state index contributed by atoms with van der Waals surface area (Å²) in [7, 11) is 3.65. The van der Waals surface area contributed by atoms with Gasteiger partial charge in [-0.05, 0) is 90.4 Å². The second-order valence-electron chi connectivity index (χ2n) is 17.7. The standard InChI is InChI=1S/C42H70N2O9Si/c1-17-32(26-48-54(15,16)40(6,7)8)43-25-27(2)24-42(11,47-14)36(29(4)34-30(5)37(45)53-41(9,10)52-34)51-39-35(33(44(12)13)23-28(3)49-39)50-38(46)31-21-19-18-20-22-31/h17-22,27-29,32-33,35-36,39,43H,1,23-26H2,2-16H3/t27-,28-,29+,32-,33+,35-,36-,39+,42-/m1/s1. The van der Waals surface area contributed by atoms with Crippen LogP contribution in [0.25, 0.3) is 0 Å². The number of ether oxygens (including phenoxy) is 6. The second kappa shape index (κ2) is 18.6. The molecule has 0 aliphatic carbocycles. The molecule has 0 amide bonds. The smallest absolute Gasteiger partial charge is 0.340 e. The topological polar surface area (TPSA) is 114 Å². The molecule has 1 fully saturated rings. The number of carbonyl (C=O) groups excluding carboxylic acids is 2. The Morgan fingerprint density at radius 1 is 1.13 bits per heavy atom. The predicted octanol–water partition coefficient (Wildman–Crippen LogP) is 7.48. The molecule has 2 aliphatic rings. The van der Waals surface area contributed by atoms with Crippen LogP contribution in [0.1, 0.15) is 92.4 Å². The third kappa shape index (κ3) is 11.7. The Morgan fingerprint density at radius 3 is 2.31 bits per heavy atom. The maximum atomic E-state index is 13.6. The fourth-order valence-corrected chi connectivity index (χ4v) is 7.99. The van der Waals surface area contributed by atoms with Gasteiger partial charge in [0, 0.05) is 32.9 Å². The van der Waals surface area contributed by atoms with E-state index in [2.05, 4.69) is 52.7 Å². The van der Waals surface area contributed by atoms with Gasteiger partial charge in [0.05, 0.1) is 41.6 Å². The van der Waals surface area contributed by atoms with E-state index in [0.717, 1.165) is 0 Å². The summed E-state index contributed by atoms with van der Waals surface area (Å²) >= 11 is 0. The summed E-state index contributed by atoms with van der Waals surface area (Å²) in [6.45, 7) is 29.7. The molecular weight excluding hydrogens is 705 g/mol. The highest BCUT2D eigenvalue weighted by Gasteiger charge is 2.50. The fraction of sp³-hybridized carbons (Fsp3) is 0.714. The van der Waals surface area contributed by atoms with E-state index in [-0.39, 0.29) is 29.1 Å². The van der Waals surface area contributed by atoms with E-state index in [9.17, 15) is 9.59 Å². The maximum Gasteiger partial charge on any atom is 0.340 e. The Labute approximate surface area is 326 Å². The second-order valence-corrected chi connectivity index (χ2v) is 22.5. The van der Waals surface area contributed by atoms with Gasteiger partial charge in [0.15, 0.2) is 20.7 Å². The lowest BCUT2D eigenvalue weighted by molar-refractivity contribution is -0.298. The monoisotopic (exact) mass is 774 g/mol.